The number of carbonyl (C=O) groups is 1. The number of likely N-dealkylation sites (tertiary alicyclic amines) is 2. The van der Waals surface area contributed by atoms with E-state index >= 15 is 0 Å². The van der Waals surface area contributed by atoms with E-state index < -0.39 is 0 Å². The molecule has 1 spiro atoms. The van der Waals surface area contributed by atoms with Crippen molar-refractivity contribution in [3.05, 3.63) is 34.6 Å². The number of hydrogen-bond donors (Lipinski definition) is 0. The van der Waals surface area contributed by atoms with Gasteiger partial charge in [-0.15, -0.1) is 0 Å². The van der Waals surface area contributed by atoms with Crippen LogP contribution in [0.3, 0.4) is 0 Å². The predicted octanol–water partition coefficient (Wildman–Crippen LogP) is 3.86. The van der Waals surface area contributed by atoms with Gasteiger partial charge in [-0.05, 0) is 68.3 Å². The average Bonchev–Trinajstić information content (AvgIpc) is 3.16. The number of piperidine rings is 2. The lowest BCUT2D eigenvalue weighted by atomic mass is 9.72. The van der Waals surface area contributed by atoms with E-state index in [1.54, 1.807) is 6.07 Å². The highest BCUT2D eigenvalue weighted by atomic mass is 35.5. The Morgan fingerprint density at radius 2 is 2.07 bits per heavy atom. The molecule has 0 aromatic heterocycles. The Labute approximate surface area is 165 Å². The summed E-state index contributed by atoms with van der Waals surface area (Å²) in [6, 6.07) is 4.64. The van der Waals surface area contributed by atoms with Crippen LogP contribution in [0.4, 0.5) is 4.39 Å². The van der Waals surface area contributed by atoms with E-state index in [1.807, 2.05) is 0 Å². The van der Waals surface area contributed by atoms with E-state index in [-0.39, 0.29) is 23.2 Å². The normalized spacial score (nSPS) is 26.1. The Morgan fingerprint density at radius 3 is 2.78 bits per heavy atom. The average molecular weight is 395 g/mol. The van der Waals surface area contributed by atoms with Gasteiger partial charge in [0.1, 0.15) is 5.82 Å². The molecule has 1 aromatic carbocycles. The molecule has 1 atom stereocenters. The van der Waals surface area contributed by atoms with E-state index in [9.17, 15) is 9.18 Å². The van der Waals surface area contributed by atoms with Crippen molar-refractivity contribution in [3.63, 3.8) is 0 Å². The number of ether oxygens (including phenoxy) is 1. The predicted molar refractivity (Wildman–Crippen MR) is 103 cm³/mol. The first kappa shape index (κ1) is 19.2. The van der Waals surface area contributed by atoms with Crippen LogP contribution in [0.25, 0.3) is 0 Å². The summed E-state index contributed by atoms with van der Waals surface area (Å²) in [5, 5.41) is 0.501. The molecule has 148 valence electrons. The molecule has 4 nitrogen and oxygen atoms in total. The SMILES string of the molecule is O=C1CCC2(CCN(Cc3ccc(F)cc3Cl)CC2)CN1C[C@@H]1CCCO1. The largest absolute Gasteiger partial charge is 0.376 e. The maximum atomic E-state index is 13.2. The summed E-state index contributed by atoms with van der Waals surface area (Å²) in [6.07, 6.45) is 6.27. The molecular weight excluding hydrogens is 367 g/mol. The van der Waals surface area contributed by atoms with Crippen LogP contribution in [0.5, 0.6) is 0 Å². The lowest BCUT2D eigenvalue weighted by Crippen LogP contribution is -2.52. The van der Waals surface area contributed by atoms with Crippen molar-refractivity contribution in [2.24, 2.45) is 5.41 Å². The van der Waals surface area contributed by atoms with Crippen LogP contribution in [-0.4, -0.2) is 54.6 Å². The molecule has 0 saturated carbocycles. The Balaban J connectivity index is 1.33. The van der Waals surface area contributed by atoms with Crippen molar-refractivity contribution in [3.8, 4) is 0 Å². The first-order chi connectivity index (χ1) is 13.0. The van der Waals surface area contributed by atoms with E-state index in [0.29, 0.717) is 11.4 Å². The van der Waals surface area contributed by atoms with Gasteiger partial charge in [0.15, 0.2) is 0 Å². The van der Waals surface area contributed by atoms with Crippen LogP contribution < -0.4 is 0 Å². The number of hydrogen-bond acceptors (Lipinski definition) is 3. The monoisotopic (exact) mass is 394 g/mol. The Morgan fingerprint density at radius 1 is 1.26 bits per heavy atom. The zero-order chi connectivity index (χ0) is 18.9. The first-order valence-corrected chi connectivity index (χ1v) is 10.5. The summed E-state index contributed by atoms with van der Waals surface area (Å²) < 4.78 is 19.0. The summed E-state index contributed by atoms with van der Waals surface area (Å²) in [4.78, 5) is 16.8. The molecule has 0 aliphatic carbocycles. The minimum Gasteiger partial charge on any atom is -0.376 e. The summed E-state index contributed by atoms with van der Waals surface area (Å²) in [6.45, 7) is 5.21. The van der Waals surface area contributed by atoms with Crippen LogP contribution >= 0.6 is 11.6 Å². The quantitative estimate of drug-likeness (QED) is 0.777. The van der Waals surface area contributed by atoms with Gasteiger partial charge >= 0.3 is 0 Å². The van der Waals surface area contributed by atoms with Crippen LogP contribution in [0, 0.1) is 11.2 Å². The summed E-state index contributed by atoms with van der Waals surface area (Å²) in [7, 11) is 0. The smallest absolute Gasteiger partial charge is 0.222 e. The first-order valence-electron chi connectivity index (χ1n) is 10.1. The lowest BCUT2D eigenvalue weighted by Gasteiger charge is -2.48. The third kappa shape index (κ3) is 4.47. The van der Waals surface area contributed by atoms with Gasteiger partial charge in [-0.2, -0.15) is 0 Å². The van der Waals surface area contributed by atoms with Crippen molar-refractivity contribution in [1.29, 1.82) is 0 Å². The molecule has 27 heavy (non-hydrogen) atoms. The number of amides is 1. The molecule has 3 aliphatic heterocycles. The minimum absolute atomic E-state index is 0.227. The highest BCUT2D eigenvalue weighted by Crippen LogP contribution is 2.41. The van der Waals surface area contributed by atoms with Crippen LogP contribution in [0.15, 0.2) is 18.2 Å². The molecule has 0 radical (unpaired) electrons. The molecule has 6 heteroatoms. The lowest BCUT2D eigenvalue weighted by molar-refractivity contribution is -0.141. The summed E-state index contributed by atoms with van der Waals surface area (Å²) in [5.41, 5.74) is 1.23. The second-order valence-electron chi connectivity index (χ2n) is 8.42. The van der Waals surface area contributed by atoms with Gasteiger partial charge in [-0.25, -0.2) is 4.39 Å². The van der Waals surface area contributed by atoms with Gasteiger partial charge in [-0.1, -0.05) is 17.7 Å². The number of halogens is 2. The van der Waals surface area contributed by atoms with Crippen LogP contribution in [0.1, 0.15) is 44.1 Å². The molecule has 1 amide bonds. The van der Waals surface area contributed by atoms with E-state index in [2.05, 4.69) is 9.80 Å². The van der Waals surface area contributed by atoms with Crippen LogP contribution in [0.2, 0.25) is 5.02 Å². The summed E-state index contributed by atoms with van der Waals surface area (Å²) >= 11 is 6.18. The molecule has 3 heterocycles. The molecule has 1 aromatic rings. The third-order valence-corrected chi connectivity index (χ3v) is 6.87. The molecule has 0 N–H and O–H groups in total. The molecule has 3 fully saturated rings. The van der Waals surface area contributed by atoms with Crippen molar-refractivity contribution in [2.45, 2.75) is 51.2 Å². The van der Waals surface area contributed by atoms with Crippen LogP contribution in [-0.2, 0) is 16.1 Å². The van der Waals surface area contributed by atoms with Crippen molar-refractivity contribution >= 4 is 17.5 Å². The number of rotatable bonds is 4. The molecule has 3 saturated heterocycles. The molecular formula is C21H28ClFN2O2. The molecule has 3 aliphatic rings. The van der Waals surface area contributed by atoms with E-state index in [4.69, 9.17) is 16.3 Å². The highest BCUT2D eigenvalue weighted by Gasteiger charge is 2.41. The zero-order valence-corrected chi connectivity index (χ0v) is 16.5. The second-order valence-corrected chi connectivity index (χ2v) is 8.83. The Bertz CT molecular complexity index is 685. The highest BCUT2D eigenvalue weighted by molar-refractivity contribution is 6.31. The zero-order valence-electron chi connectivity index (χ0n) is 15.8. The number of nitrogens with zero attached hydrogens (tertiary/aromatic N) is 2. The molecule has 0 bridgehead atoms. The maximum absolute atomic E-state index is 13.2. The van der Waals surface area contributed by atoms with Gasteiger partial charge in [0.05, 0.1) is 6.10 Å². The van der Waals surface area contributed by atoms with Gasteiger partial charge in [0.25, 0.3) is 0 Å². The summed E-state index contributed by atoms with van der Waals surface area (Å²) in [5.74, 6) is -0.00352. The van der Waals surface area contributed by atoms with Crippen molar-refractivity contribution in [2.75, 3.05) is 32.8 Å². The Hall–Kier alpha value is -1.17. The van der Waals surface area contributed by atoms with E-state index in [1.165, 1.54) is 12.1 Å². The van der Waals surface area contributed by atoms with Gasteiger partial charge in [0, 0.05) is 37.7 Å². The number of benzene rings is 1. The fourth-order valence-corrected chi connectivity index (χ4v) is 5.01. The second kappa shape index (κ2) is 8.06. The van der Waals surface area contributed by atoms with Gasteiger partial charge < -0.3 is 9.64 Å². The topological polar surface area (TPSA) is 32.8 Å². The van der Waals surface area contributed by atoms with Gasteiger partial charge in [0.2, 0.25) is 5.91 Å². The molecule has 0 unspecified atom stereocenters. The fraction of sp³-hybridized carbons (Fsp3) is 0.667. The van der Waals surface area contributed by atoms with E-state index in [0.717, 1.165) is 77.0 Å². The molecule has 4 rings (SSSR count). The number of carbonyl (C=O) groups excluding carboxylic acids is 1. The van der Waals surface area contributed by atoms with Crippen molar-refractivity contribution in [1.82, 2.24) is 9.80 Å². The Kier molecular flexibility index (Phi) is 5.72. The van der Waals surface area contributed by atoms with Gasteiger partial charge in [-0.3, -0.25) is 9.69 Å². The standard InChI is InChI=1S/C21H28ClFN2O2/c22-19-12-17(23)4-3-16(19)13-24-9-7-21(8-10-24)6-5-20(26)25(15-21)14-18-2-1-11-27-18/h3-4,12,18H,1-2,5-11,13-15H2/t18-/m0/s1. The maximum Gasteiger partial charge on any atom is 0.222 e. The third-order valence-electron chi connectivity index (χ3n) is 6.52. The minimum atomic E-state index is -0.292. The van der Waals surface area contributed by atoms with Crippen molar-refractivity contribution < 1.29 is 13.9 Å². The fourth-order valence-electron chi connectivity index (χ4n) is 4.79.